The average molecular weight is 594 g/mol. The van der Waals surface area contributed by atoms with Crippen molar-refractivity contribution in [3.05, 3.63) is 11.6 Å². The van der Waals surface area contributed by atoms with Crippen LogP contribution in [0, 0.1) is 46.3 Å². The molecule has 12 atom stereocenters. The molecule has 0 aromatic heterocycles. The molecule has 4 aliphatic carbocycles. The van der Waals surface area contributed by atoms with Crippen molar-refractivity contribution in [2.45, 2.75) is 136 Å². The zero-order chi connectivity index (χ0) is 30.8. The Labute approximate surface area is 253 Å². The number of amides is 1. The van der Waals surface area contributed by atoms with Crippen molar-refractivity contribution in [2.24, 2.45) is 46.3 Å². The second-order valence-corrected chi connectivity index (χ2v) is 15.2. The normalized spacial score (nSPS) is 37.9. The fourth-order valence-corrected chi connectivity index (χ4v) is 9.82. The number of fused-ring (bicyclic) bond motifs is 5. The Morgan fingerprint density at radius 1 is 0.976 bits per heavy atom. The number of rotatable bonds is 12. The molecule has 4 aliphatic rings. The molecule has 3 saturated carbocycles. The second kappa shape index (κ2) is 13.8. The van der Waals surface area contributed by atoms with Crippen LogP contribution >= 0.6 is 0 Å². The summed E-state index contributed by atoms with van der Waals surface area (Å²) in [7, 11) is 0. The van der Waals surface area contributed by atoms with Gasteiger partial charge < -0.3 is 35.6 Å². The Morgan fingerprint density at radius 3 is 2.38 bits per heavy atom. The fourth-order valence-electron chi connectivity index (χ4n) is 9.82. The highest BCUT2D eigenvalue weighted by Crippen LogP contribution is 2.67. The smallest absolute Gasteiger partial charge is 0.407 e. The van der Waals surface area contributed by atoms with E-state index in [0.717, 1.165) is 55.3 Å². The van der Waals surface area contributed by atoms with Gasteiger partial charge in [0.05, 0.1) is 12.7 Å². The lowest BCUT2D eigenvalue weighted by atomic mass is 9.47. The molecule has 0 aliphatic heterocycles. The van der Waals surface area contributed by atoms with Gasteiger partial charge in [0.1, 0.15) is 24.4 Å². The number of carbonyl (C=O) groups is 1. The summed E-state index contributed by atoms with van der Waals surface area (Å²) in [6.45, 7) is 11.2. The Hall–Kier alpha value is -1.19. The summed E-state index contributed by atoms with van der Waals surface area (Å²) in [6.07, 6.45) is 8.14. The molecule has 0 unspecified atom stereocenters. The number of hydrogen-bond acceptors (Lipinski definition) is 7. The van der Waals surface area contributed by atoms with Gasteiger partial charge in [-0.1, -0.05) is 65.5 Å². The number of ether oxygens (including phenoxy) is 1. The molecule has 0 radical (unpaired) electrons. The summed E-state index contributed by atoms with van der Waals surface area (Å²) in [5.74, 6) is 4.69. The van der Waals surface area contributed by atoms with Crippen LogP contribution in [0.25, 0.3) is 0 Å². The first-order valence-corrected chi connectivity index (χ1v) is 16.8. The van der Waals surface area contributed by atoms with Crippen molar-refractivity contribution in [2.75, 3.05) is 13.2 Å². The van der Waals surface area contributed by atoms with Gasteiger partial charge in [0.25, 0.3) is 0 Å². The molecular formula is C34H59NO7. The number of alkyl carbamates (subject to hydrolysis) is 1. The van der Waals surface area contributed by atoms with E-state index >= 15 is 0 Å². The summed E-state index contributed by atoms with van der Waals surface area (Å²) >= 11 is 0. The molecule has 0 heterocycles. The van der Waals surface area contributed by atoms with E-state index in [1.54, 1.807) is 0 Å². The molecular weight excluding hydrogens is 534 g/mol. The maximum absolute atomic E-state index is 12.5. The van der Waals surface area contributed by atoms with Crippen LogP contribution in [0.3, 0.4) is 0 Å². The average Bonchev–Trinajstić information content (AvgIpc) is 3.31. The SMILES string of the molecule is CC(C)CCC[C@H](C)[C@@H]1CC[C@@H]2[C@H]3CC=C4C[C@H](OC(=O)NC[C@H](O)[C@H](O)[C@@H](O)[C@@H](O)CO)CC[C@]4(C)[C@@H]3CC[C@@]21C. The molecule has 0 aromatic rings. The van der Waals surface area contributed by atoms with Crippen LogP contribution < -0.4 is 5.32 Å². The Morgan fingerprint density at radius 2 is 1.69 bits per heavy atom. The Balaban J connectivity index is 1.31. The molecule has 8 heteroatoms. The molecule has 4 rings (SSSR count). The number of aliphatic hydroxyl groups is 5. The minimum absolute atomic E-state index is 0.158. The van der Waals surface area contributed by atoms with Crippen LogP contribution in [0.15, 0.2) is 11.6 Å². The predicted octanol–water partition coefficient (Wildman–Crippen LogP) is 4.56. The minimum atomic E-state index is -1.73. The number of hydrogen-bond donors (Lipinski definition) is 6. The molecule has 0 saturated heterocycles. The van der Waals surface area contributed by atoms with Crippen molar-refractivity contribution in [1.29, 1.82) is 0 Å². The number of aliphatic hydroxyl groups excluding tert-OH is 5. The van der Waals surface area contributed by atoms with E-state index in [0.29, 0.717) is 11.3 Å². The third kappa shape index (κ3) is 6.88. The Bertz CT molecular complexity index is 941. The van der Waals surface area contributed by atoms with Crippen LogP contribution in [-0.2, 0) is 4.74 Å². The first-order valence-electron chi connectivity index (χ1n) is 16.8. The molecule has 0 bridgehead atoms. The molecule has 1 amide bonds. The van der Waals surface area contributed by atoms with Gasteiger partial charge >= 0.3 is 6.09 Å². The molecule has 6 N–H and O–H groups in total. The van der Waals surface area contributed by atoms with E-state index in [-0.39, 0.29) is 18.1 Å². The van der Waals surface area contributed by atoms with Crippen LogP contribution in [0.1, 0.15) is 105 Å². The van der Waals surface area contributed by atoms with Crippen LogP contribution in [-0.4, -0.2) is 75.3 Å². The zero-order valence-electron chi connectivity index (χ0n) is 26.7. The van der Waals surface area contributed by atoms with Crippen LogP contribution in [0.5, 0.6) is 0 Å². The van der Waals surface area contributed by atoms with Gasteiger partial charge in [-0.3, -0.25) is 0 Å². The van der Waals surface area contributed by atoms with Crippen molar-refractivity contribution in [3.63, 3.8) is 0 Å². The van der Waals surface area contributed by atoms with Gasteiger partial charge in [0.2, 0.25) is 0 Å². The first-order chi connectivity index (χ1) is 19.8. The summed E-state index contributed by atoms with van der Waals surface area (Å²) < 4.78 is 5.72. The number of allylic oxidation sites excluding steroid dienone is 1. The van der Waals surface area contributed by atoms with Crippen LogP contribution in [0.4, 0.5) is 4.79 Å². The highest BCUT2D eigenvalue weighted by molar-refractivity contribution is 5.67. The number of carbonyl (C=O) groups excluding carboxylic acids is 1. The molecule has 3 fully saturated rings. The fraction of sp³-hybridized carbons (Fsp3) is 0.912. The maximum Gasteiger partial charge on any atom is 0.407 e. The zero-order valence-corrected chi connectivity index (χ0v) is 26.7. The maximum atomic E-state index is 12.5. The van der Waals surface area contributed by atoms with Gasteiger partial charge in [-0.2, -0.15) is 0 Å². The van der Waals surface area contributed by atoms with Crippen molar-refractivity contribution in [1.82, 2.24) is 5.32 Å². The standard InChI is InChI=1S/C34H59NO7/c1-20(2)7-6-8-21(3)25-11-12-26-24-10-9-22-17-23(13-15-33(22,4)27(24)14-16-34(25,26)5)42-32(41)35-18-28(37)30(39)31(40)29(38)19-36/h9,20-21,23-31,36-40H,6-8,10-19H2,1-5H3,(H,35,41)/t21-,23+,24+,25-,26+,27+,28-,29-,30-,31-,33-,34+/m0/s1. The first kappa shape index (κ1) is 33.7. The molecule has 8 nitrogen and oxygen atoms in total. The van der Waals surface area contributed by atoms with Gasteiger partial charge in [-0.15, -0.1) is 0 Å². The van der Waals surface area contributed by atoms with Gasteiger partial charge in [0, 0.05) is 13.0 Å². The quantitative estimate of drug-likeness (QED) is 0.182. The summed E-state index contributed by atoms with van der Waals surface area (Å²) in [5, 5.41) is 50.7. The van der Waals surface area contributed by atoms with Gasteiger partial charge in [0.15, 0.2) is 0 Å². The van der Waals surface area contributed by atoms with E-state index in [1.165, 1.54) is 50.5 Å². The largest absolute Gasteiger partial charge is 0.446 e. The molecule has 242 valence electrons. The molecule has 0 spiro atoms. The van der Waals surface area contributed by atoms with E-state index < -0.39 is 37.1 Å². The lowest BCUT2D eigenvalue weighted by Crippen LogP contribution is -2.51. The lowest BCUT2D eigenvalue weighted by Gasteiger charge is -2.58. The molecule has 42 heavy (non-hydrogen) atoms. The van der Waals surface area contributed by atoms with Gasteiger partial charge in [-0.25, -0.2) is 4.79 Å². The highest BCUT2D eigenvalue weighted by atomic mass is 16.6. The number of nitrogens with one attached hydrogen (secondary N) is 1. The summed E-state index contributed by atoms with van der Waals surface area (Å²) in [5.41, 5.74) is 2.05. The third-order valence-electron chi connectivity index (χ3n) is 12.3. The topological polar surface area (TPSA) is 139 Å². The predicted molar refractivity (Wildman–Crippen MR) is 162 cm³/mol. The summed E-state index contributed by atoms with van der Waals surface area (Å²) in [4.78, 5) is 12.5. The monoisotopic (exact) mass is 593 g/mol. The minimum Gasteiger partial charge on any atom is -0.446 e. The van der Waals surface area contributed by atoms with Crippen LogP contribution in [0.2, 0.25) is 0 Å². The lowest BCUT2D eigenvalue weighted by molar-refractivity contribution is -0.113. The molecule has 0 aromatic carbocycles. The second-order valence-electron chi connectivity index (χ2n) is 15.2. The van der Waals surface area contributed by atoms with E-state index in [1.807, 2.05) is 0 Å². The van der Waals surface area contributed by atoms with E-state index in [4.69, 9.17) is 9.84 Å². The van der Waals surface area contributed by atoms with Gasteiger partial charge in [-0.05, 0) is 91.3 Å². The Kier molecular flexibility index (Phi) is 11.1. The van der Waals surface area contributed by atoms with E-state index in [9.17, 15) is 25.2 Å². The van der Waals surface area contributed by atoms with Crippen molar-refractivity contribution < 1.29 is 35.1 Å². The highest BCUT2D eigenvalue weighted by Gasteiger charge is 2.59. The van der Waals surface area contributed by atoms with E-state index in [2.05, 4.69) is 46.0 Å². The van der Waals surface area contributed by atoms with Crippen molar-refractivity contribution in [3.8, 4) is 0 Å². The third-order valence-corrected chi connectivity index (χ3v) is 12.3. The van der Waals surface area contributed by atoms with Crippen molar-refractivity contribution >= 4 is 6.09 Å². The summed E-state index contributed by atoms with van der Waals surface area (Å²) in [6, 6.07) is 0.